The fourth-order valence-corrected chi connectivity index (χ4v) is 6.96. The van der Waals surface area contributed by atoms with Crippen LogP contribution >= 0.6 is 24.8 Å². The molecule has 0 aromatic heterocycles. The van der Waals surface area contributed by atoms with Crippen molar-refractivity contribution in [1.29, 1.82) is 0 Å². The molecule has 2 heterocycles. The van der Waals surface area contributed by atoms with Crippen LogP contribution in [0.4, 0.5) is 5.69 Å². The number of para-hydroxylation sites is 1. The van der Waals surface area contributed by atoms with Crippen molar-refractivity contribution in [1.82, 2.24) is 14.7 Å². The van der Waals surface area contributed by atoms with Gasteiger partial charge in [0.05, 0.1) is 6.61 Å². The summed E-state index contributed by atoms with van der Waals surface area (Å²) in [4.78, 5) is 16.9. The number of ether oxygens (including phenoxy) is 2. The predicted molar refractivity (Wildman–Crippen MR) is 150 cm³/mol. The van der Waals surface area contributed by atoms with E-state index in [4.69, 9.17) is 9.47 Å². The Labute approximate surface area is 236 Å². The topological polar surface area (TPSA) is 112 Å². The lowest BCUT2D eigenvalue weighted by molar-refractivity contribution is -0.133. The van der Waals surface area contributed by atoms with Crippen molar-refractivity contribution in [3.8, 4) is 11.5 Å². The van der Waals surface area contributed by atoms with Crippen molar-refractivity contribution in [3.63, 3.8) is 0 Å². The van der Waals surface area contributed by atoms with Crippen LogP contribution < -0.4 is 15.1 Å². The molecular weight excluding hydrogens is 555 g/mol. The van der Waals surface area contributed by atoms with Crippen LogP contribution in [-0.4, -0.2) is 93.0 Å². The van der Waals surface area contributed by atoms with E-state index in [1.165, 1.54) is 4.31 Å². The third-order valence-electron chi connectivity index (χ3n) is 7.04. The van der Waals surface area contributed by atoms with Crippen molar-refractivity contribution < 1.29 is 27.9 Å². The number of hydrogen-bond acceptors (Lipinski definition) is 8. The normalized spacial score (nSPS) is 18.1. The van der Waals surface area contributed by atoms with Gasteiger partial charge in [-0.05, 0) is 49.2 Å². The highest BCUT2D eigenvalue weighted by Crippen LogP contribution is 2.35. The molecule has 2 fully saturated rings. The highest BCUT2D eigenvalue weighted by atomic mass is 35.5. The first-order chi connectivity index (χ1) is 17.4. The molecule has 38 heavy (non-hydrogen) atoms. The van der Waals surface area contributed by atoms with Crippen LogP contribution in [0, 0.1) is 0 Å². The predicted octanol–water partition coefficient (Wildman–Crippen LogP) is 2.76. The summed E-state index contributed by atoms with van der Waals surface area (Å²) in [6, 6.07) is 17.2. The average molecular weight is 592 g/mol. The molecule has 2 aromatic rings. The minimum atomic E-state index is -3.99. The molecule has 2 aliphatic rings. The molecule has 13 heteroatoms. The van der Waals surface area contributed by atoms with E-state index >= 15 is 0 Å². The summed E-state index contributed by atoms with van der Waals surface area (Å²) in [5, 5.41) is 9.39. The molecule has 10 nitrogen and oxygen atoms in total. The van der Waals surface area contributed by atoms with Crippen molar-refractivity contribution in [2.75, 3.05) is 64.4 Å². The van der Waals surface area contributed by atoms with Crippen molar-refractivity contribution >= 4 is 46.4 Å². The number of sulfonamides is 1. The lowest BCUT2D eigenvalue weighted by Gasteiger charge is -2.44. The van der Waals surface area contributed by atoms with Gasteiger partial charge in [0.2, 0.25) is 10.0 Å². The minimum absolute atomic E-state index is 0. The van der Waals surface area contributed by atoms with Crippen molar-refractivity contribution in [3.05, 3.63) is 54.6 Å². The number of methoxy groups -OCH3 is 1. The molecule has 0 aliphatic carbocycles. The molecule has 0 spiro atoms. The van der Waals surface area contributed by atoms with E-state index in [-0.39, 0.29) is 50.7 Å². The van der Waals surface area contributed by atoms with E-state index in [9.17, 15) is 18.4 Å². The average Bonchev–Trinajstić information content (AvgIpc) is 2.92. The van der Waals surface area contributed by atoms with Crippen LogP contribution in [-0.2, 0) is 19.6 Å². The summed E-state index contributed by atoms with van der Waals surface area (Å²) in [5.41, 5.74) is 2.60. The number of amides is 1. The Kier molecular flexibility index (Phi) is 12.1. The first-order valence-electron chi connectivity index (χ1n) is 12.1. The molecule has 2 aliphatic heterocycles. The number of nitrogens with zero attached hydrogens (tertiary/aromatic N) is 3. The van der Waals surface area contributed by atoms with E-state index in [2.05, 4.69) is 9.80 Å². The van der Waals surface area contributed by atoms with Gasteiger partial charge in [-0.1, -0.05) is 18.2 Å². The highest BCUT2D eigenvalue weighted by molar-refractivity contribution is 7.91. The summed E-state index contributed by atoms with van der Waals surface area (Å²) in [5.74, 6) is 0.625. The largest absolute Gasteiger partial charge is 0.457 e. The smallest absolute Gasteiger partial charge is 0.266 e. The Morgan fingerprint density at radius 3 is 2.05 bits per heavy atom. The molecule has 2 saturated heterocycles. The molecule has 1 amide bonds. The molecule has 0 atom stereocenters. The van der Waals surface area contributed by atoms with Crippen LogP contribution in [0.2, 0.25) is 0 Å². The third-order valence-corrected chi connectivity index (χ3v) is 9.67. The van der Waals surface area contributed by atoms with Gasteiger partial charge in [0.25, 0.3) is 5.91 Å². The summed E-state index contributed by atoms with van der Waals surface area (Å²) in [7, 11) is -2.38. The van der Waals surface area contributed by atoms with Gasteiger partial charge in [0.15, 0.2) is 4.75 Å². The Morgan fingerprint density at radius 2 is 1.50 bits per heavy atom. The summed E-state index contributed by atoms with van der Waals surface area (Å²) >= 11 is 0. The number of halogens is 2. The third kappa shape index (κ3) is 6.90. The van der Waals surface area contributed by atoms with E-state index in [1.54, 1.807) is 12.6 Å². The molecule has 212 valence electrons. The fraction of sp³-hybridized carbons (Fsp3) is 0.480. The molecule has 0 saturated carbocycles. The van der Waals surface area contributed by atoms with E-state index < -0.39 is 20.7 Å². The molecule has 4 rings (SSSR count). The maximum atomic E-state index is 13.7. The molecule has 0 unspecified atom stereocenters. The van der Waals surface area contributed by atoms with Gasteiger partial charge in [-0.25, -0.2) is 13.9 Å². The molecule has 0 radical (unpaired) electrons. The lowest BCUT2D eigenvalue weighted by atomic mass is 9.95. The summed E-state index contributed by atoms with van der Waals surface area (Å²) < 4.78 is 38.1. The van der Waals surface area contributed by atoms with Crippen LogP contribution in [0.1, 0.15) is 12.8 Å². The second kappa shape index (κ2) is 14.3. The summed E-state index contributed by atoms with van der Waals surface area (Å²) in [6.45, 7) is 3.59. The number of likely N-dealkylation sites (tertiary alicyclic amines) is 1. The van der Waals surface area contributed by atoms with Gasteiger partial charge in [0, 0.05) is 58.6 Å². The number of carbonyl (C=O) groups is 1. The number of hydroxylamine groups is 1. The number of piperidine rings is 1. The van der Waals surface area contributed by atoms with Crippen molar-refractivity contribution in [2.45, 2.75) is 17.6 Å². The number of hydrogen-bond donors (Lipinski definition) is 2. The molecular formula is C25H36Cl2N4O6S. The van der Waals surface area contributed by atoms with Crippen LogP contribution in [0.3, 0.4) is 0 Å². The van der Waals surface area contributed by atoms with Gasteiger partial charge in [-0.15, -0.1) is 24.8 Å². The van der Waals surface area contributed by atoms with Gasteiger partial charge in [0.1, 0.15) is 11.5 Å². The lowest BCUT2D eigenvalue weighted by Crippen LogP contribution is -2.63. The fourth-order valence-electron chi connectivity index (χ4n) is 4.85. The van der Waals surface area contributed by atoms with Gasteiger partial charge < -0.3 is 19.3 Å². The summed E-state index contributed by atoms with van der Waals surface area (Å²) in [6.07, 6.45) is 0.239. The quantitative estimate of drug-likeness (QED) is 0.339. The van der Waals surface area contributed by atoms with E-state index in [0.717, 1.165) is 17.2 Å². The monoisotopic (exact) mass is 590 g/mol. The van der Waals surface area contributed by atoms with Gasteiger partial charge in [-0.3, -0.25) is 10.0 Å². The second-order valence-corrected chi connectivity index (χ2v) is 11.3. The van der Waals surface area contributed by atoms with E-state index in [0.29, 0.717) is 39.3 Å². The number of carbonyl (C=O) groups excluding carboxylic acids is 1. The zero-order valence-corrected chi connectivity index (χ0v) is 23.8. The maximum absolute atomic E-state index is 13.7. The van der Waals surface area contributed by atoms with Gasteiger partial charge >= 0.3 is 0 Å². The zero-order valence-electron chi connectivity index (χ0n) is 21.3. The number of nitrogens with one attached hydrogen (secondary N) is 1. The zero-order chi connectivity index (χ0) is 25.6. The Bertz CT molecular complexity index is 1110. The number of anilines is 1. The van der Waals surface area contributed by atoms with E-state index in [1.807, 2.05) is 54.6 Å². The van der Waals surface area contributed by atoms with Crippen molar-refractivity contribution in [2.24, 2.45) is 0 Å². The number of benzene rings is 2. The molecule has 2 aromatic carbocycles. The van der Waals surface area contributed by atoms with Crippen LogP contribution in [0.5, 0.6) is 11.5 Å². The highest BCUT2D eigenvalue weighted by Gasteiger charge is 2.55. The number of piperazine rings is 1. The standard InChI is InChI=1S/C25H34N4O6S.2ClH/c1-34-20-19-27-13-11-25(12-14-27,24(30)26-31)36(32,33)29-17-15-28(16-18-29)21-7-9-23(10-8-21)35-22-5-3-2-4-6-22;;/h2-10,31H,11-20H2,1H3,(H,26,30);2*1H. The maximum Gasteiger partial charge on any atom is 0.266 e. The Morgan fingerprint density at radius 1 is 0.921 bits per heavy atom. The SMILES string of the molecule is COCCN1CCC(C(=O)NO)(S(=O)(=O)N2CCN(c3ccc(Oc4ccccc4)cc3)CC2)CC1.Cl.Cl. The first kappa shape index (κ1) is 32.1. The Balaban J connectivity index is 0.00000253. The van der Waals surface area contributed by atoms with Crippen LogP contribution in [0.15, 0.2) is 54.6 Å². The Hall–Kier alpha value is -2.12. The second-order valence-electron chi connectivity index (χ2n) is 9.07. The number of rotatable bonds is 9. The molecule has 0 bridgehead atoms. The first-order valence-corrected chi connectivity index (χ1v) is 13.6. The van der Waals surface area contributed by atoms with Gasteiger partial charge in [-0.2, -0.15) is 4.31 Å². The minimum Gasteiger partial charge on any atom is -0.457 e. The molecule has 2 N–H and O–H groups in total. The van der Waals surface area contributed by atoms with Crippen LogP contribution in [0.25, 0.3) is 0 Å².